The Labute approximate surface area is 177 Å². The Morgan fingerprint density at radius 3 is 2.03 bits per heavy atom. The van der Waals surface area contributed by atoms with E-state index in [1.54, 1.807) is 29.2 Å². The number of piperazine rings is 1. The van der Waals surface area contributed by atoms with Crippen LogP contribution in [0.15, 0.2) is 42.5 Å². The number of hydrogen-bond acceptors (Lipinski definition) is 3. The van der Waals surface area contributed by atoms with E-state index < -0.39 is 0 Å². The van der Waals surface area contributed by atoms with Crippen molar-refractivity contribution < 1.29 is 14.4 Å². The lowest BCUT2D eigenvalue weighted by atomic mass is 9.84. The molecule has 5 heteroatoms. The van der Waals surface area contributed by atoms with Crippen LogP contribution in [-0.4, -0.2) is 53.6 Å². The van der Waals surface area contributed by atoms with E-state index in [1.807, 2.05) is 36.9 Å². The SMILES string of the molecule is Cc1ccc(C(=O)c2ccccc2C(=O)N2CCN(C(=O)C3CCC3)CC2)cc1C. The molecule has 0 atom stereocenters. The molecule has 30 heavy (non-hydrogen) atoms. The van der Waals surface area contributed by atoms with Crippen LogP contribution >= 0.6 is 0 Å². The van der Waals surface area contributed by atoms with Crippen LogP contribution in [0.25, 0.3) is 0 Å². The van der Waals surface area contributed by atoms with Crippen molar-refractivity contribution in [3.63, 3.8) is 0 Å². The van der Waals surface area contributed by atoms with E-state index in [0.29, 0.717) is 42.9 Å². The second-order valence-corrected chi connectivity index (χ2v) is 8.42. The van der Waals surface area contributed by atoms with Crippen LogP contribution in [0.3, 0.4) is 0 Å². The summed E-state index contributed by atoms with van der Waals surface area (Å²) in [7, 11) is 0. The third-order valence-corrected chi connectivity index (χ3v) is 6.50. The molecule has 1 heterocycles. The van der Waals surface area contributed by atoms with Gasteiger partial charge in [-0.2, -0.15) is 0 Å². The highest BCUT2D eigenvalue weighted by atomic mass is 16.2. The average Bonchev–Trinajstić information content (AvgIpc) is 2.73. The molecule has 0 bridgehead atoms. The second-order valence-electron chi connectivity index (χ2n) is 8.42. The number of rotatable bonds is 4. The van der Waals surface area contributed by atoms with Gasteiger partial charge < -0.3 is 9.80 Å². The third kappa shape index (κ3) is 3.89. The highest BCUT2D eigenvalue weighted by molar-refractivity contribution is 6.15. The summed E-state index contributed by atoms with van der Waals surface area (Å²) < 4.78 is 0. The first-order valence-electron chi connectivity index (χ1n) is 10.7. The topological polar surface area (TPSA) is 57.7 Å². The fourth-order valence-corrected chi connectivity index (χ4v) is 4.12. The number of ketones is 1. The molecule has 1 saturated heterocycles. The zero-order chi connectivity index (χ0) is 21.3. The summed E-state index contributed by atoms with van der Waals surface area (Å²) in [6.45, 7) is 6.12. The Hall–Kier alpha value is -2.95. The van der Waals surface area contributed by atoms with Gasteiger partial charge in [-0.1, -0.05) is 36.8 Å². The van der Waals surface area contributed by atoms with Gasteiger partial charge in [0.25, 0.3) is 5.91 Å². The molecule has 0 unspecified atom stereocenters. The molecule has 1 aliphatic carbocycles. The molecule has 0 spiro atoms. The number of carbonyl (C=O) groups is 3. The molecule has 2 fully saturated rings. The number of aryl methyl sites for hydroxylation is 2. The minimum Gasteiger partial charge on any atom is -0.339 e. The van der Waals surface area contributed by atoms with Crippen molar-refractivity contribution in [3.8, 4) is 0 Å². The van der Waals surface area contributed by atoms with Crippen LogP contribution in [0.1, 0.15) is 56.7 Å². The molecule has 1 saturated carbocycles. The predicted molar refractivity (Wildman–Crippen MR) is 116 cm³/mol. The van der Waals surface area contributed by atoms with Gasteiger partial charge in [0.2, 0.25) is 5.91 Å². The molecule has 4 rings (SSSR count). The normalized spacial score (nSPS) is 16.9. The Bertz CT molecular complexity index is 986. The van der Waals surface area contributed by atoms with Crippen LogP contribution in [0.4, 0.5) is 0 Å². The maximum atomic E-state index is 13.2. The highest BCUT2D eigenvalue weighted by Gasteiger charge is 2.32. The van der Waals surface area contributed by atoms with Crippen molar-refractivity contribution >= 4 is 17.6 Å². The number of benzene rings is 2. The molecular weight excluding hydrogens is 376 g/mol. The number of amides is 2. The Morgan fingerprint density at radius 2 is 1.43 bits per heavy atom. The predicted octanol–water partition coefficient (Wildman–Crippen LogP) is 3.62. The van der Waals surface area contributed by atoms with E-state index in [4.69, 9.17) is 0 Å². The summed E-state index contributed by atoms with van der Waals surface area (Å²) in [5.74, 6) is 0.140. The smallest absolute Gasteiger partial charge is 0.254 e. The van der Waals surface area contributed by atoms with Crippen molar-refractivity contribution in [1.29, 1.82) is 0 Å². The van der Waals surface area contributed by atoms with Crippen LogP contribution in [-0.2, 0) is 4.79 Å². The molecule has 0 radical (unpaired) electrons. The molecule has 156 valence electrons. The molecule has 0 N–H and O–H groups in total. The minimum absolute atomic E-state index is 0.138. The molecule has 2 aromatic carbocycles. The van der Waals surface area contributed by atoms with Gasteiger partial charge in [0, 0.05) is 43.2 Å². The van der Waals surface area contributed by atoms with Gasteiger partial charge in [0.15, 0.2) is 5.78 Å². The number of nitrogens with zero attached hydrogens (tertiary/aromatic N) is 2. The van der Waals surface area contributed by atoms with E-state index >= 15 is 0 Å². The van der Waals surface area contributed by atoms with E-state index in [1.165, 1.54) is 0 Å². The quantitative estimate of drug-likeness (QED) is 0.732. The lowest BCUT2D eigenvalue weighted by Crippen LogP contribution is -2.52. The van der Waals surface area contributed by atoms with Gasteiger partial charge >= 0.3 is 0 Å². The maximum Gasteiger partial charge on any atom is 0.254 e. The standard InChI is InChI=1S/C25H28N2O3/c1-17-10-11-20(16-18(17)2)23(28)21-8-3-4-9-22(21)25(30)27-14-12-26(13-15-27)24(29)19-6-5-7-19/h3-4,8-11,16,19H,5-7,12-15H2,1-2H3. The first-order chi connectivity index (χ1) is 14.5. The van der Waals surface area contributed by atoms with Gasteiger partial charge in [-0.15, -0.1) is 0 Å². The third-order valence-electron chi connectivity index (χ3n) is 6.50. The van der Waals surface area contributed by atoms with Crippen LogP contribution < -0.4 is 0 Å². The van der Waals surface area contributed by atoms with E-state index in [9.17, 15) is 14.4 Å². The minimum atomic E-state index is -0.140. The summed E-state index contributed by atoms with van der Waals surface area (Å²) in [6, 6.07) is 12.7. The first kappa shape index (κ1) is 20.3. The van der Waals surface area contributed by atoms with E-state index in [2.05, 4.69) is 0 Å². The number of carbonyl (C=O) groups excluding carboxylic acids is 3. The fourth-order valence-electron chi connectivity index (χ4n) is 4.12. The van der Waals surface area contributed by atoms with Crippen molar-refractivity contribution in [2.45, 2.75) is 33.1 Å². The van der Waals surface area contributed by atoms with Crippen LogP contribution in [0, 0.1) is 19.8 Å². The largest absolute Gasteiger partial charge is 0.339 e. The van der Waals surface area contributed by atoms with Gasteiger partial charge in [-0.05, 0) is 49.9 Å². The molecule has 2 aliphatic rings. The summed E-state index contributed by atoms with van der Waals surface area (Å²) in [5, 5.41) is 0. The van der Waals surface area contributed by atoms with Gasteiger partial charge in [0.1, 0.15) is 0 Å². The second kappa shape index (κ2) is 8.42. The fraction of sp³-hybridized carbons (Fsp3) is 0.400. The van der Waals surface area contributed by atoms with Crippen LogP contribution in [0.2, 0.25) is 0 Å². The summed E-state index contributed by atoms with van der Waals surface area (Å²) in [6.07, 6.45) is 3.12. The van der Waals surface area contributed by atoms with E-state index in [0.717, 1.165) is 30.4 Å². The zero-order valence-electron chi connectivity index (χ0n) is 17.7. The lowest BCUT2D eigenvalue weighted by molar-refractivity contribution is -0.139. The Kier molecular flexibility index (Phi) is 5.71. The van der Waals surface area contributed by atoms with Gasteiger partial charge in [-0.25, -0.2) is 0 Å². The van der Waals surface area contributed by atoms with E-state index in [-0.39, 0.29) is 23.5 Å². The Balaban J connectivity index is 1.49. The summed E-state index contributed by atoms with van der Waals surface area (Å²) in [4.78, 5) is 42.5. The number of hydrogen-bond donors (Lipinski definition) is 0. The van der Waals surface area contributed by atoms with Gasteiger partial charge in [-0.3, -0.25) is 14.4 Å². The zero-order valence-corrected chi connectivity index (χ0v) is 17.7. The molecule has 5 nitrogen and oxygen atoms in total. The summed E-state index contributed by atoms with van der Waals surface area (Å²) in [5.41, 5.74) is 3.63. The Morgan fingerprint density at radius 1 is 0.800 bits per heavy atom. The molecular formula is C25H28N2O3. The van der Waals surface area contributed by atoms with Crippen molar-refractivity contribution in [1.82, 2.24) is 9.80 Å². The van der Waals surface area contributed by atoms with Gasteiger partial charge in [0.05, 0.1) is 5.56 Å². The van der Waals surface area contributed by atoms with Crippen molar-refractivity contribution in [3.05, 3.63) is 70.3 Å². The highest BCUT2D eigenvalue weighted by Crippen LogP contribution is 2.28. The summed E-state index contributed by atoms with van der Waals surface area (Å²) >= 11 is 0. The molecule has 2 aromatic rings. The molecule has 0 aromatic heterocycles. The first-order valence-corrected chi connectivity index (χ1v) is 10.7. The average molecular weight is 405 g/mol. The monoisotopic (exact) mass is 404 g/mol. The molecule has 2 amide bonds. The molecule has 1 aliphatic heterocycles. The van der Waals surface area contributed by atoms with Crippen molar-refractivity contribution in [2.75, 3.05) is 26.2 Å². The van der Waals surface area contributed by atoms with Crippen LogP contribution in [0.5, 0.6) is 0 Å². The lowest BCUT2D eigenvalue weighted by Gasteiger charge is -2.38. The van der Waals surface area contributed by atoms with Crippen molar-refractivity contribution in [2.24, 2.45) is 5.92 Å². The maximum absolute atomic E-state index is 13.2.